The fraction of sp³-hybridized carbons (Fsp3) is 0.538. The van der Waals surface area contributed by atoms with Gasteiger partial charge in [-0.3, -0.25) is 0 Å². The zero-order valence-electron chi connectivity index (χ0n) is 10.5. The van der Waals surface area contributed by atoms with Gasteiger partial charge in [-0.15, -0.1) is 0 Å². The molecule has 0 amide bonds. The molecular weight excluding hydrogens is 214 g/mol. The minimum absolute atomic E-state index is 0.201. The lowest BCUT2D eigenvalue weighted by molar-refractivity contribution is 0.0610. The summed E-state index contributed by atoms with van der Waals surface area (Å²) in [6.45, 7) is 5.69. The maximum absolute atomic E-state index is 6.06. The summed E-state index contributed by atoms with van der Waals surface area (Å²) in [5.74, 6) is 0. The van der Waals surface area contributed by atoms with Crippen LogP contribution in [0.4, 0.5) is 17.1 Å². The summed E-state index contributed by atoms with van der Waals surface area (Å²) in [6.07, 6.45) is 2.08. The SMILES string of the molecule is CCCOC1CNc2c(N)c(C)cc(N)c2C1. The van der Waals surface area contributed by atoms with Crippen LogP contribution in [0.15, 0.2) is 6.07 Å². The lowest BCUT2D eigenvalue weighted by atomic mass is 9.96. The molecule has 1 aliphatic rings. The number of aryl methyl sites for hydroxylation is 1. The van der Waals surface area contributed by atoms with Crippen molar-refractivity contribution in [2.24, 2.45) is 0 Å². The second-order valence-electron chi connectivity index (χ2n) is 4.63. The van der Waals surface area contributed by atoms with E-state index in [2.05, 4.69) is 12.2 Å². The van der Waals surface area contributed by atoms with Gasteiger partial charge in [0.05, 0.1) is 17.5 Å². The van der Waals surface area contributed by atoms with Crippen molar-refractivity contribution in [2.45, 2.75) is 32.8 Å². The number of anilines is 3. The molecule has 1 atom stereocenters. The minimum Gasteiger partial charge on any atom is -0.398 e. The molecule has 1 heterocycles. The van der Waals surface area contributed by atoms with Gasteiger partial charge in [0.1, 0.15) is 0 Å². The van der Waals surface area contributed by atoms with Gasteiger partial charge in [0.25, 0.3) is 0 Å². The Hall–Kier alpha value is -1.42. The van der Waals surface area contributed by atoms with Crippen molar-refractivity contribution in [1.29, 1.82) is 0 Å². The first-order valence-corrected chi connectivity index (χ1v) is 6.16. The Morgan fingerprint density at radius 3 is 2.94 bits per heavy atom. The molecule has 0 aliphatic carbocycles. The predicted molar refractivity (Wildman–Crippen MR) is 72.2 cm³/mol. The normalized spacial score (nSPS) is 18.6. The first-order chi connectivity index (χ1) is 8.13. The van der Waals surface area contributed by atoms with Gasteiger partial charge in [-0.1, -0.05) is 6.92 Å². The molecule has 0 fully saturated rings. The van der Waals surface area contributed by atoms with E-state index in [1.54, 1.807) is 0 Å². The van der Waals surface area contributed by atoms with Gasteiger partial charge in [-0.25, -0.2) is 0 Å². The molecule has 0 spiro atoms. The molecule has 0 aromatic heterocycles. The number of fused-ring (bicyclic) bond motifs is 1. The molecule has 0 radical (unpaired) electrons. The van der Waals surface area contributed by atoms with E-state index in [-0.39, 0.29) is 6.10 Å². The monoisotopic (exact) mass is 235 g/mol. The van der Waals surface area contributed by atoms with Gasteiger partial charge >= 0.3 is 0 Å². The smallest absolute Gasteiger partial charge is 0.0789 e. The van der Waals surface area contributed by atoms with E-state index in [1.807, 2.05) is 13.0 Å². The number of benzene rings is 1. The molecule has 0 bridgehead atoms. The van der Waals surface area contributed by atoms with Crippen molar-refractivity contribution in [3.05, 3.63) is 17.2 Å². The third-order valence-corrected chi connectivity index (χ3v) is 3.21. The first kappa shape index (κ1) is 12.0. The number of hydrogen-bond acceptors (Lipinski definition) is 4. The fourth-order valence-corrected chi connectivity index (χ4v) is 2.24. The lowest BCUT2D eigenvalue weighted by Crippen LogP contribution is -2.32. The minimum atomic E-state index is 0.201. The molecule has 94 valence electrons. The van der Waals surface area contributed by atoms with Gasteiger partial charge in [-0.2, -0.15) is 0 Å². The van der Waals surface area contributed by atoms with Crippen LogP contribution in [0.1, 0.15) is 24.5 Å². The fourth-order valence-electron chi connectivity index (χ4n) is 2.24. The highest BCUT2D eigenvalue weighted by molar-refractivity contribution is 5.80. The second kappa shape index (κ2) is 4.84. The van der Waals surface area contributed by atoms with Crippen LogP contribution in [0.3, 0.4) is 0 Å². The summed E-state index contributed by atoms with van der Waals surface area (Å²) in [7, 11) is 0. The highest BCUT2D eigenvalue weighted by atomic mass is 16.5. The second-order valence-corrected chi connectivity index (χ2v) is 4.63. The van der Waals surface area contributed by atoms with E-state index in [0.29, 0.717) is 0 Å². The Kier molecular flexibility index (Phi) is 3.43. The maximum atomic E-state index is 6.06. The van der Waals surface area contributed by atoms with E-state index in [9.17, 15) is 0 Å². The van der Waals surface area contributed by atoms with Gasteiger partial charge in [-0.05, 0) is 25.0 Å². The van der Waals surface area contributed by atoms with Gasteiger partial charge in [0.2, 0.25) is 0 Å². The Labute approximate surface area is 102 Å². The van der Waals surface area contributed by atoms with Crippen LogP contribution in [0.2, 0.25) is 0 Å². The standard InChI is InChI=1S/C13H21N3O/c1-3-4-17-9-6-10-11(14)5-8(2)12(15)13(10)16-7-9/h5,9,16H,3-4,6-7,14-15H2,1-2H3. The Morgan fingerprint density at radius 2 is 2.24 bits per heavy atom. The zero-order chi connectivity index (χ0) is 12.4. The maximum Gasteiger partial charge on any atom is 0.0789 e. The number of nitrogens with one attached hydrogen (secondary N) is 1. The first-order valence-electron chi connectivity index (χ1n) is 6.16. The summed E-state index contributed by atoms with van der Waals surface area (Å²) in [5, 5.41) is 3.34. The van der Waals surface area contributed by atoms with E-state index in [1.165, 1.54) is 0 Å². The Morgan fingerprint density at radius 1 is 1.47 bits per heavy atom. The van der Waals surface area contributed by atoms with Crippen molar-refractivity contribution in [3.63, 3.8) is 0 Å². The van der Waals surface area contributed by atoms with E-state index in [4.69, 9.17) is 16.2 Å². The molecule has 0 saturated carbocycles. The summed E-state index contributed by atoms with van der Waals surface area (Å²) in [5.41, 5.74) is 16.9. The summed E-state index contributed by atoms with van der Waals surface area (Å²) in [4.78, 5) is 0. The highest BCUT2D eigenvalue weighted by Gasteiger charge is 2.23. The highest BCUT2D eigenvalue weighted by Crippen LogP contribution is 2.35. The number of nitrogens with two attached hydrogens (primary N) is 2. The Bertz CT molecular complexity index is 418. The third kappa shape index (κ3) is 2.31. The van der Waals surface area contributed by atoms with Gasteiger partial charge in [0.15, 0.2) is 0 Å². The quantitative estimate of drug-likeness (QED) is 0.700. The van der Waals surface area contributed by atoms with E-state index in [0.717, 1.165) is 54.2 Å². The van der Waals surface area contributed by atoms with Crippen LogP contribution < -0.4 is 16.8 Å². The van der Waals surface area contributed by atoms with Crippen molar-refractivity contribution in [1.82, 2.24) is 0 Å². The van der Waals surface area contributed by atoms with E-state index >= 15 is 0 Å². The van der Waals surface area contributed by atoms with Crippen molar-refractivity contribution in [2.75, 3.05) is 29.9 Å². The summed E-state index contributed by atoms with van der Waals surface area (Å²) in [6, 6.07) is 1.94. The zero-order valence-corrected chi connectivity index (χ0v) is 10.5. The number of nitrogen functional groups attached to an aromatic ring is 2. The molecule has 1 aromatic rings. The van der Waals surface area contributed by atoms with Crippen molar-refractivity contribution < 1.29 is 4.74 Å². The van der Waals surface area contributed by atoms with Gasteiger partial charge in [0, 0.05) is 30.8 Å². The van der Waals surface area contributed by atoms with Crippen LogP contribution in [0.25, 0.3) is 0 Å². The molecule has 1 aromatic carbocycles. The van der Waals surface area contributed by atoms with Crippen molar-refractivity contribution in [3.8, 4) is 0 Å². The molecule has 5 N–H and O–H groups in total. The van der Waals surface area contributed by atoms with Crippen molar-refractivity contribution >= 4 is 17.1 Å². The van der Waals surface area contributed by atoms with Crippen LogP contribution in [0.5, 0.6) is 0 Å². The van der Waals surface area contributed by atoms with Crippen LogP contribution >= 0.6 is 0 Å². The molecule has 2 rings (SSSR count). The molecule has 1 unspecified atom stereocenters. The molecule has 4 nitrogen and oxygen atoms in total. The third-order valence-electron chi connectivity index (χ3n) is 3.21. The molecule has 4 heteroatoms. The predicted octanol–water partition coefficient (Wildman–Crippen LogP) is 1.92. The van der Waals surface area contributed by atoms with Crippen LogP contribution in [-0.2, 0) is 11.2 Å². The Balaban J connectivity index is 2.23. The number of ether oxygens (including phenoxy) is 1. The summed E-state index contributed by atoms with van der Waals surface area (Å²) < 4.78 is 5.76. The van der Waals surface area contributed by atoms with E-state index < -0.39 is 0 Å². The number of rotatable bonds is 3. The molecular formula is C13H21N3O. The average molecular weight is 235 g/mol. The number of hydrogen-bond donors (Lipinski definition) is 3. The molecule has 17 heavy (non-hydrogen) atoms. The average Bonchev–Trinajstić information content (AvgIpc) is 2.33. The topological polar surface area (TPSA) is 73.3 Å². The van der Waals surface area contributed by atoms with Crippen LogP contribution in [0, 0.1) is 6.92 Å². The molecule has 0 saturated heterocycles. The molecule has 1 aliphatic heterocycles. The largest absolute Gasteiger partial charge is 0.398 e. The van der Waals surface area contributed by atoms with Gasteiger partial charge < -0.3 is 21.5 Å². The lowest BCUT2D eigenvalue weighted by Gasteiger charge is -2.29. The summed E-state index contributed by atoms with van der Waals surface area (Å²) >= 11 is 0. The van der Waals surface area contributed by atoms with Crippen LogP contribution in [-0.4, -0.2) is 19.3 Å².